The Kier molecular flexibility index (Phi) is 7.99. The van der Waals surface area contributed by atoms with Crippen LogP contribution < -0.4 is 10.6 Å². The zero-order valence-corrected chi connectivity index (χ0v) is 16.6. The fourth-order valence-electron chi connectivity index (χ4n) is 2.42. The Hall–Kier alpha value is -2.19. The van der Waals surface area contributed by atoms with E-state index >= 15 is 0 Å². The third-order valence-electron chi connectivity index (χ3n) is 3.64. The molecular weight excluding hydrogens is 392 g/mol. The predicted octanol–water partition coefficient (Wildman–Crippen LogP) is 2.88. The first-order valence-electron chi connectivity index (χ1n) is 8.43. The number of thioether (sulfide) groups is 1. The monoisotopic (exact) mass is 412 g/mol. The van der Waals surface area contributed by atoms with Gasteiger partial charge in [0.2, 0.25) is 0 Å². The van der Waals surface area contributed by atoms with E-state index in [1.54, 1.807) is 19.9 Å². The maximum absolute atomic E-state index is 12.1. The number of carbonyl (C=O) groups excluding carboxylic acids is 3. The van der Waals surface area contributed by atoms with Crippen LogP contribution >= 0.6 is 23.4 Å². The Morgan fingerprint density at radius 2 is 2.00 bits per heavy atom. The lowest BCUT2D eigenvalue weighted by molar-refractivity contribution is -0.143. The molecule has 9 heteroatoms. The molecule has 0 spiro atoms. The summed E-state index contributed by atoms with van der Waals surface area (Å²) in [6, 6.07) is 6.37. The molecule has 2 amide bonds. The standard InChI is InChI=1S/C18H21ClN2O5S/c1-3-25-17(23)16-11(2)20-18(24)21-13(16)10-26-15(22)8-9-27-14-7-5-4-6-12(14)19/h4-7,11H,3,8-10H2,1-2H3,(H2,20,21,24)/t11-/m1/s1. The van der Waals surface area contributed by atoms with Gasteiger partial charge < -0.3 is 20.1 Å². The van der Waals surface area contributed by atoms with Gasteiger partial charge in [0, 0.05) is 10.6 Å². The number of carbonyl (C=O) groups is 3. The van der Waals surface area contributed by atoms with Gasteiger partial charge in [-0.05, 0) is 26.0 Å². The highest BCUT2D eigenvalue weighted by molar-refractivity contribution is 7.99. The molecular formula is C18H21ClN2O5S. The van der Waals surface area contributed by atoms with Gasteiger partial charge in [-0.1, -0.05) is 23.7 Å². The Labute approximate surface area is 166 Å². The second kappa shape index (κ2) is 10.2. The summed E-state index contributed by atoms with van der Waals surface area (Å²) in [5.74, 6) is -0.500. The van der Waals surface area contributed by atoms with Crippen LogP contribution in [0.3, 0.4) is 0 Å². The summed E-state index contributed by atoms with van der Waals surface area (Å²) in [5, 5.41) is 5.72. The number of rotatable bonds is 8. The van der Waals surface area contributed by atoms with Crippen molar-refractivity contribution in [2.45, 2.75) is 31.2 Å². The van der Waals surface area contributed by atoms with Gasteiger partial charge in [-0.15, -0.1) is 11.8 Å². The molecule has 0 aromatic heterocycles. The number of hydrogen-bond donors (Lipinski definition) is 2. The molecule has 1 aliphatic rings. The smallest absolute Gasteiger partial charge is 0.338 e. The van der Waals surface area contributed by atoms with E-state index in [1.165, 1.54) is 11.8 Å². The van der Waals surface area contributed by atoms with Crippen LogP contribution in [0.2, 0.25) is 5.02 Å². The third kappa shape index (κ3) is 6.18. The first-order valence-corrected chi connectivity index (χ1v) is 9.79. The van der Waals surface area contributed by atoms with E-state index in [0.717, 1.165) is 4.90 Å². The van der Waals surface area contributed by atoms with Crippen molar-refractivity contribution < 1.29 is 23.9 Å². The number of nitrogens with one attached hydrogen (secondary N) is 2. The first-order chi connectivity index (χ1) is 12.9. The van der Waals surface area contributed by atoms with Gasteiger partial charge in [-0.3, -0.25) is 4.79 Å². The second-order valence-electron chi connectivity index (χ2n) is 5.62. The maximum atomic E-state index is 12.1. The molecule has 7 nitrogen and oxygen atoms in total. The molecule has 0 radical (unpaired) electrons. The summed E-state index contributed by atoms with van der Waals surface area (Å²) < 4.78 is 10.2. The molecule has 1 aromatic rings. The van der Waals surface area contributed by atoms with Gasteiger partial charge in [0.05, 0.1) is 35.4 Å². The lowest BCUT2D eigenvalue weighted by atomic mass is 10.0. The highest BCUT2D eigenvalue weighted by Crippen LogP contribution is 2.27. The minimum Gasteiger partial charge on any atom is -0.463 e. The lowest BCUT2D eigenvalue weighted by Crippen LogP contribution is -2.50. The highest BCUT2D eigenvalue weighted by atomic mass is 35.5. The topological polar surface area (TPSA) is 93.7 Å². The van der Waals surface area contributed by atoms with Crippen molar-refractivity contribution in [1.29, 1.82) is 0 Å². The number of ether oxygens (including phenoxy) is 2. The molecule has 1 aromatic carbocycles. The molecule has 0 aliphatic carbocycles. The Balaban J connectivity index is 1.91. The van der Waals surface area contributed by atoms with Crippen LogP contribution in [-0.4, -0.2) is 43.0 Å². The van der Waals surface area contributed by atoms with E-state index in [9.17, 15) is 14.4 Å². The maximum Gasteiger partial charge on any atom is 0.338 e. The van der Waals surface area contributed by atoms with E-state index in [2.05, 4.69) is 10.6 Å². The Morgan fingerprint density at radius 1 is 1.26 bits per heavy atom. The third-order valence-corrected chi connectivity index (χ3v) is 5.16. The van der Waals surface area contributed by atoms with Crippen LogP contribution in [0.5, 0.6) is 0 Å². The van der Waals surface area contributed by atoms with Crippen molar-refractivity contribution in [2.75, 3.05) is 19.0 Å². The molecule has 2 rings (SSSR count). The molecule has 1 atom stereocenters. The molecule has 1 heterocycles. The fourth-order valence-corrected chi connectivity index (χ4v) is 3.59. The van der Waals surface area contributed by atoms with Gasteiger partial charge in [-0.2, -0.15) is 0 Å². The molecule has 1 aliphatic heterocycles. The molecule has 0 saturated carbocycles. The van der Waals surface area contributed by atoms with Crippen molar-refractivity contribution in [3.63, 3.8) is 0 Å². The molecule has 0 unspecified atom stereocenters. The number of esters is 2. The number of amides is 2. The van der Waals surface area contributed by atoms with Crippen molar-refractivity contribution in [1.82, 2.24) is 10.6 Å². The number of halogens is 1. The van der Waals surface area contributed by atoms with Gasteiger partial charge in [0.25, 0.3) is 0 Å². The van der Waals surface area contributed by atoms with Crippen molar-refractivity contribution in [2.24, 2.45) is 0 Å². The van der Waals surface area contributed by atoms with Crippen LogP contribution in [0.15, 0.2) is 40.4 Å². The van der Waals surface area contributed by atoms with Crippen molar-refractivity contribution >= 4 is 41.3 Å². The summed E-state index contributed by atoms with van der Waals surface area (Å²) in [4.78, 5) is 36.6. The van der Waals surface area contributed by atoms with Crippen LogP contribution in [0.25, 0.3) is 0 Å². The largest absolute Gasteiger partial charge is 0.463 e. The number of benzene rings is 1. The fraction of sp³-hybridized carbons (Fsp3) is 0.389. The normalized spacial score (nSPS) is 16.4. The van der Waals surface area contributed by atoms with E-state index < -0.39 is 24.0 Å². The Bertz CT molecular complexity index is 753. The number of hydrogen-bond acceptors (Lipinski definition) is 6. The van der Waals surface area contributed by atoms with Crippen LogP contribution in [0, 0.1) is 0 Å². The summed E-state index contributed by atoms with van der Waals surface area (Å²) >= 11 is 7.52. The van der Waals surface area contributed by atoms with Gasteiger partial charge in [0.15, 0.2) is 0 Å². The van der Waals surface area contributed by atoms with E-state index in [-0.39, 0.29) is 30.9 Å². The Morgan fingerprint density at radius 3 is 2.70 bits per heavy atom. The van der Waals surface area contributed by atoms with Crippen LogP contribution in [-0.2, 0) is 19.1 Å². The van der Waals surface area contributed by atoms with Gasteiger partial charge in [-0.25, -0.2) is 9.59 Å². The quantitative estimate of drug-likeness (QED) is 0.503. The van der Waals surface area contributed by atoms with Crippen LogP contribution in [0.4, 0.5) is 4.79 Å². The minimum absolute atomic E-state index is 0.166. The van der Waals surface area contributed by atoms with Crippen LogP contribution in [0.1, 0.15) is 20.3 Å². The summed E-state index contributed by atoms with van der Waals surface area (Å²) in [6.07, 6.45) is 0.166. The molecule has 2 N–H and O–H groups in total. The zero-order valence-electron chi connectivity index (χ0n) is 15.0. The lowest BCUT2D eigenvalue weighted by Gasteiger charge is -2.26. The molecule has 146 valence electrons. The van der Waals surface area contributed by atoms with Gasteiger partial charge >= 0.3 is 18.0 Å². The average Bonchev–Trinajstić information content (AvgIpc) is 2.61. The summed E-state index contributed by atoms with van der Waals surface area (Å²) in [5.41, 5.74) is 0.478. The van der Waals surface area contributed by atoms with E-state index in [1.807, 2.05) is 18.2 Å². The SMILES string of the molecule is CCOC(=O)C1=C(COC(=O)CCSc2ccccc2Cl)NC(=O)N[C@@H]1C. The molecule has 27 heavy (non-hydrogen) atoms. The van der Waals surface area contributed by atoms with E-state index in [0.29, 0.717) is 10.8 Å². The summed E-state index contributed by atoms with van der Waals surface area (Å²) in [6.45, 7) is 3.35. The van der Waals surface area contributed by atoms with Crippen molar-refractivity contribution in [3.8, 4) is 0 Å². The zero-order chi connectivity index (χ0) is 19.8. The minimum atomic E-state index is -0.558. The molecule has 0 bridgehead atoms. The van der Waals surface area contributed by atoms with E-state index in [4.69, 9.17) is 21.1 Å². The summed E-state index contributed by atoms with van der Waals surface area (Å²) in [7, 11) is 0. The predicted molar refractivity (Wildman–Crippen MR) is 103 cm³/mol. The highest BCUT2D eigenvalue weighted by Gasteiger charge is 2.30. The average molecular weight is 413 g/mol. The molecule has 0 fully saturated rings. The second-order valence-corrected chi connectivity index (χ2v) is 7.17. The van der Waals surface area contributed by atoms with Gasteiger partial charge in [0.1, 0.15) is 6.61 Å². The molecule has 0 saturated heterocycles. The number of urea groups is 1. The first kappa shape index (κ1) is 21.1. The van der Waals surface area contributed by atoms with Crippen molar-refractivity contribution in [3.05, 3.63) is 40.6 Å².